The molecule has 27 heavy (non-hydrogen) atoms. The third-order valence-corrected chi connectivity index (χ3v) is 4.62. The highest BCUT2D eigenvalue weighted by Gasteiger charge is 2.24. The first-order chi connectivity index (χ1) is 13.0. The smallest absolute Gasteiger partial charge is 0.272 e. The number of fused-ring (bicyclic) bond motifs is 1. The van der Waals surface area contributed by atoms with Crippen LogP contribution < -0.4 is 10.5 Å². The summed E-state index contributed by atoms with van der Waals surface area (Å²) in [5.74, 6) is 0.441. The Labute approximate surface area is 160 Å². The van der Waals surface area contributed by atoms with Gasteiger partial charge in [-0.1, -0.05) is 23.7 Å². The maximum atomic E-state index is 12.7. The van der Waals surface area contributed by atoms with Crippen molar-refractivity contribution >= 4 is 23.3 Å². The number of anilines is 1. The number of nitrogens with two attached hydrogens (primary N) is 1. The molecule has 0 saturated heterocycles. The minimum Gasteiger partial charge on any atom is -0.504 e. The highest BCUT2D eigenvalue weighted by molar-refractivity contribution is 6.30. The second-order valence-electron chi connectivity index (χ2n) is 6.28. The van der Waals surface area contributed by atoms with Gasteiger partial charge < -0.3 is 20.5 Å². The zero-order valence-electron chi connectivity index (χ0n) is 14.3. The number of carbonyl (C=O) groups is 1. The van der Waals surface area contributed by atoms with E-state index in [2.05, 4.69) is 10.2 Å². The normalized spacial score (nSPS) is 13.6. The summed E-state index contributed by atoms with van der Waals surface area (Å²) in [5.41, 5.74) is 8.26. The number of nitrogens with one attached hydrogen (secondary N) is 1. The molecule has 8 heteroatoms. The van der Waals surface area contributed by atoms with Crippen LogP contribution in [0.4, 0.5) is 5.82 Å². The quantitative estimate of drug-likeness (QED) is 0.629. The average molecular weight is 385 g/mol. The van der Waals surface area contributed by atoms with Gasteiger partial charge in [-0.2, -0.15) is 5.10 Å². The first kappa shape index (κ1) is 17.2. The van der Waals surface area contributed by atoms with Gasteiger partial charge in [0.25, 0.3) is 5.91 Å². The summed E-state index contributed by atoms with van der Waals surface area (Å²) >= 11 is 6.08. The first-order valence-electron chi connectivity index (χ1n) is 8.36. The van der Waals surface area contributed by atoms with E-state index in [9.17, 15) is 9.90 Å². The molecule has 4 rings (SSSR count). The summed E-state index contributed by atoms with van der Waals surface area (Å²) in [6, 6.07) is 12.4. The molecular weight excluding hydrogens is 368 g/mol. The molecule has 0 aliphatic carbocycles. The number of ether oxygens (including phenoxy) is 1. The molecule has 1 aliphatic heterocycles. The largest absolute Gasteiger partial charge is 0.504 e. The third kappa shape index (κ3) is 3.41. The fourth-order valence-corrected chi connectivity index (χ4v) is 3.31. The number of rotatable bonds is 2. The molecule has 0 unspecified atom stereocenters. The highest BCUT2D eigenvalue weighted by atomic mass is 35.5. The number of phenolic OH excluding ortho intramolecular Hbond substituents is 1. The number of aromatic amines is 1. The van der Waals surface area contributed by atoms with E-state index in [1.165, 1.54) is 6.07 Å². The molecule has 0 spiro atoms. The van der Waals surface area contributed by atoms with Crippen LogP contribution in [0, 0.1) is 0 Å². The van der Waals surface area contributed by atoms with E-state index >= 15 is 0 Å². The Hall–Kier alpha value is -3.19. The van der Waals surface area contributed by atoms with Crippen molar-refractivity contribution in [1.82, 2.24) is 15.1 Å². The molecule has 138 valence electrons. The molecule has 2 aromatic carbocycles. The molecular formula is C19H17ClN4O3. The van der Waals surface area contributed by atoms with Crippen LogP contribution in [0.25, 0.3) is 11.1 Å². The van der Waals surface area contributed by atoms with Crippen LogP contribution in [-0.4, -0.2) is 39.3 Å². The summed E-state index contributed by atoms with van der Waals surface area (Å²) in [6.07, 6.45) is 0. The Morgan fingerprint density at radius 1 is 1.26 bits per heavy atom. The van der Waals surface area contributed by atoms with Crippen molar-refractivity contribution in [3.05, 3.63) is 58.7 Å². The fourth-order valence-electron chi connectivity index (χ4n) is 3.12. The van der Waals surface area contributed by atoms with Gasteiger partial charge in [0.05, 0.1) is 6.54 Å². The van der Waals surface area contributed by atoms with E-state index in [0.29, 0.717) is 28.6 Å². The predicted octanol–water partition coefficient (Wildman–Crippen LogP) is 3.05. The summed E-state index contributed by atoms with van der Waals surface area (Å²) in [6.45, 7) is 0.930. The molecule has 2 heterocycles. The maximum absolute atomic E-state index is 12.7. The van der Waals surface area contributed by atoms with Crippen molar-refractivity contribution in [3.63, 3.8) is 0 Å². The lowest BCUT2D eigenvalue weighted by atomic mass is 10.0. The van der Waals surface area contributed by atoms with Crippen LogP contribution in [0.2, 0.25) is 5.02 Å². The van der Waals surface area contributed by atoms with Gasteiger partial charge in [-0.3, -0.25) is 9.89 Å². The third-order valence-electron chi connectivity index (χ3n) is 4.39. The lowest BCUT2D eigenvalue weighted by Gasteiger charge is -2.19. The molecule has 0 fully saturated rings. The number of benzene rings is 2. The Kier molecular flexibility index (Phi) is 4.37. The van der Waals surface area contributed by atoms with Crippen molar-refractivity contribution in [2.75, 3.05) is 18.9 Å². The monoisotopic (exact) mass is 384 g/mol. The highest BCUT2D eigenvalue weighted by Crippen LogP contribution is 2.38. The van der Waals surface area contributed by atoms with Crippen molar-refractivity contribution in [1.29, 1.82) is 0 Å². The van der Waals surface area contributed by atoms with Crippen molar-refractivity contribution in [2.24, 2.45) is 0 Å². The maximum Gasteiger partial charge on any atom is 0.272 e. The average Bonchev–Trinajstić information content (AvgIpc) is 2.96. The Bertz CT molecular complexity index is 1020. The van der Waals surface area contributed by atoms with Gasteiger partial charge in [-0.15, -0.1) is 0 Å². The molecule has 0 bridgehead atoms. The number of amides is 1. The summed E-state index contributed by atoms with van der Waals surface area (Å²) in [7, 11) is 0. The second kappa shape index (κ2) is 6.85. The molecule has 1 amide bonds. The van der Waals surface area contributed by atoms with E-state index in [1.807, 2.05) is 24.3 Å². The molecule has 1 aromatic heterocycles. The van der Waals surface area contributed by atoms with Crippen molar-refractivity contribution in [3.8, 4) is 22.6 Å². The molecule has 1 aliphatic rings. The van der Waals surface area contributed by atoms with E-state index in [0.717, 1.165) is 11.1 Å². The van der Waals surface area contributed by atoms with Gasteiger partial charge in [0, 0.05) is 23.2 Å². The lowest BCUT2D eigenvalue weighted by molar-refractivity contribution is 0.0727. The zero-order chi connectivity index (χ0) is 19.0. The van der Waals surface area contributed by atoms with Gasteiger partial charge in [0.1, 0.15) is 18.1 Å². The Morgan fingerprint density at radius 2 is 2.11 bits per heavy atom. The summed E-state index contributed by atoms with van der Waals surface area (Å²) in [5, 5.41) is 17.5. The van der Waals surface area contributed by atoms with Crippen LogP contribution >= 0.6 is 11.6 Å². The van der Waals surface area contributed by atoms with Crippen LogP contribution in [0.3, 0.4) is 0 Å². The number of nitrogen functional groups attached to an aromatic ring is 1. The van der Waals surface area contributed by atoms with Gasteiger partial charge in [-0.05, 0) is 35.4 Å². The number of aromatic nitrogens is 2. The SMILES string of the molecule is Nc1cc(C(=O)N2CCOc3c(O)cc(-c4cccc(Cl)c4)cc3C2)[nH]n1. The molecule has 0 radical (unpaired) electrons. The number of nitrogens with zero attached hydrogens (tertiary/aromatic N) is 2. The van der Waals surface area contributed by atoms with Gasteiger partial charge in [-0.25, -0.2) is 0 Å². The Morgan fingerprint density at radius 3 is 2.85 bits per heavy atom. The summed E-state index contributed by atoms with van der Waals surface area (Å²) < 4.78 is 5.69. The number of halogens is 1. The van der Waals surface area contributed by atoms with Crippen LogP contribution in [-0.2, 0) is 6.54 Å². The topological polar surface area (TPSA) is 104 Å². The van der Waals surface area contributed by atoms with E-state index in [1.54, 1.807) is 17.0 Å². The van der Waals surface area contributed by atoms with Crippen molar-refractivity contribution < 1.29 is 14.6 Å². The number of hydrogen-bond acceptors (Lipinski definition) is 5. The van der Waals surface area contributed by atoms with Crippen LogP contribution in [0.1, 0.15) is 16.1 Å². The van der Waals surface area contributed by atoms with Gasteiger partial charge in [0.15, 0.2) is 11.5 Å². The van der Waals surface area contributed by atoms with E-state index < -0.39 is 0 Å². The number of phenols is 1. The lowest BCUT2D eigenvalue weighted by Crippen LogP contribution is -2.32. The van der Waals surface area contributed by atoms with E-state index in [-0.39, 0.29) is 30.6 Å². The fraction of sp³-hybridized carbons (Fsp3) is 0.158. The molecule has 4 N–H and O–H groups in total. The first-order valence-corrected chi connectivity index (χ1v) is 8.74. The van der Waals surface area contributed by atoms with E-state index in [4.69, 9.17) is 22.1 Å². The predicted molar refractivity (Wildman–Crippen MR) is 102 cm³/mol. The molecule has 7 nitrogen and oxygen atoms in total. The summed E-state index contributed by atoms with van der Waals surface area (Å²) in [4.78, 5) is 14.3. The number of H-pyrrole nitrogens is 1. The van der Waals surface area contributed by atoms with Crippen LogP contribution in [0.5, 0.6) is 11.5 Å². The minimum absolute atomic E-state index is 0.0301. The van der Waals surface area contributed by atoms with Crippen molar-refractivity contribution in [2.45, 2.75) is 6.54 Å². The molecule has 3 aromatic rings. The van der Waals surface area contributed by atoms with Gasteiger partial charge >= 0.3 is 0 Å². The second-order valence-corrected chi connectivity index (χ2v) is 6.71. The molecule has 0 atom stereocenters. The Balaban J connectivity index is 1.69. The number of hydrogen-bond donors (Lipinski definition) is 3. The number of carbonyl (C=O) groups excluding carboxylic acids is 1. The number of aromatic hydroxyl groups is 1. The van der Waals surface area contributed by atoms with Gasteiger partial charge in [0.2, 0.25) is 0 Å². The van der Waals surface area contributed by atoms with Crippen LogP contribution in [0.15, 0.2) is 42.5 Å². The molecule has 0 saturated carbocycles. The standard InChI is InChI=1S/C19H17ClN4O3/c20-14-3-1-2-11(7-14)12-6-13-10-24(4-5-27-18(13)16(25)8-12)19(26)15-9-17(21)23-22-15/h1-3,6-9,25H,4-5,10H2,(H3,21,22,23). The minimum atomic E-state index is -0.233. The zero-order valence-corrected chi connectivity index (χ0v) is 15.0.